The maximum absolute atomic E-state index is 5.49. The van der Waals surface area contributed by atoms with Crippen molar-refractivity contribution in [3.8, 4) is 0 Å². The molecule has 2 aliphatic heterocycles. The van der Waals surface area contributed by atoms with Crippen LogP contribution in [-0.2, 0) is 9.47 Å². The molecule has 0 radical (unpaired) electrons. The SMILES string of the molecule is COCCCNC(=S)Nc1nc(N2CCCCCC2)cc(N2CCOCC2)n1. The Morgan fingerprint density at radius 2 is 1.71 bits per heavy atom. The molecule has 28 heavy (non-hydrogen) atoms. The van der Waals surface area contributed by atoms with Crippen molar-refractivity contribution in [2.75, 3.05) is 74.8 Å². The standard InChI is InChI=1S/C19H32N6O2S/c1-26-12-6-7-20-19(28)23-18-21-16(24-8-4-2-3-5-9-24)15-17(22-18)25-10-13-27-14-11-25/h15H,2-14H2,1H3,(H2,20,21,22,23,28). The van der Waals surface area contributed by atoms with Crippen LogP contribution >= 0.6 is 12.2 Å². The minimum absolute atomic E-state index is 0.539. The van der Waals surface area contributed by atoms with E-state index in [1.165, 1.54) is 25.7 Å². The quantitative estimate of drug-likeness (QED) is 0.520. The van der Waals surface area contributed by atoms with E-state index in [4.69, 9.17) is 31.7 Å². The normalized spacial score (nSPS) is 17.9. The molecule has 2 aliphatic rings. The number of anilines is 3. The lowest BCUT2D eigenvalue weighted by Crippen LogP contribution is -2.37. The van der Waals surface area contributed by atoms with Crippen LogP contribution in [0.1, 0.15) is 32.1 Å². The van der Waals surface area contributed by atoms with Crippen molar-refractivity contribution < 1.29 is 9.47 Å². The molecular weight excluding hydrogens is 376 g/mol. The van der Waals surface area contributed by atoms with Crippen molar-refractivity contribution >= 4 is 34.9 Å². The highest BCUT2D eigenvalue weighted by Gasteiger charge is 2.19. The zero-order valence-corrected chi connectivity index (χ0v) is 17.6. The minimum Gasteiger partial charge on any atom is -0.385 e. The number of hydrogen-bond acceptors (Lipinski definition) is 7. The summed E-state index contributed by atoms with van der Waals surface area (Å²) in [5, 5.41) is 6.89. The first kappa shape index (κ1) is 21.0. The number of morpholine rings is 1. The van der Waals surface area contributed by atoms with Gasteiger partial charge in [-0.05, 0) is 31.5 Å². The Balaban J connectivity index is 1.73. The second kappa shape index (κ2) is 11.3. The lowest BCUT2D eigenvalue weighted by molar-refractivity contribution is 0.122. The number of hydrogen-bond donors (Lipinski definition) is 2. The lowest BCUT2D eigenvalue weighted by atomic mass is 10.2. The molecule has 8 nitrogen and oxygen atoms in total. The zero-order valence-electron chi connectivity index (χ0n) is 16.8. The van der Waals surface area contributed by atoms with Crippen LogP contribution in [0.3, 0.4) is 0 Å². The van der Waals surface area contributed by atoms with Crippen molar-refractivity contribution in [2.24, 2.45) is 0 Å². The summed E-state index contributed by atoms with van der Waals surface area (Å²) in [6.45, 7) is 6.68. The number of methoxy groups -OCH3 is 1. The molecule has 0 aromatic carbocycles. The van der Waals surface area contributed by atoms with Gasteiger partial charge in [-0.1, -0.05) is 12.8 Å². The van der Waals surface area contributed by atoms with E-state index in [1.54, 1.807) is 7.11 Å². The fraction of sp³-hybridized carbons (Fsp3) is 0.737. The molecule has 2 fully saturated rings. The summed E-state index contributed by atoms with van der Waals surface area (Å²) in [4.78, 5) is 14.1. The molecule has 9 heteroatoms. The predicted octanol–water partition coefficient (Wildman–Crippen LogP) is 2.02. The molecule has 1 aromatic rings. The van der Waals surface area contributed by atoms with E-state index in [2.05, 4.69) is 26.5 Å². The second-order valence-corrected chi connectivity index (χ2v) is 7.54. The highest BCUT2D eigenvalue weighted by atomic mass is 32.1. The zero-order chi connectivity index (χ0) is 19.6. The first-order chi connectivity index (χ1) is 13.8. The van der Waals surface area contributed by atoms with E-state index in [9.17, 15) is 0 Å². The maximum atomic E-state index is 5.49. The van der Waals surface area contributed by atoms with E-state index >= 15 is 0 Å². The fourth-order valence-electron chi connectivity index (χ4n) is 3.46. The smallest absolute Gasteiger partial charge is 0.232 e. The molecule has 0 amide bonds. The molecule has 2 N–H and O–H groups in total. The van der Waals surface area contributed by atoms with Crippen LogP contribution in [0.25, 0.3) is 0 Å². The van der Waals surface area contributed by atoms with Crippen LogP contribution in [0.5, 0.6) is 0 Å². The number of nitrogens with zero attached hydrogens (tertiary/aromatic N) is 4. The van der Waals surface area contributed by atoms with E-state index in [-0.39, 0.29) is 0 Å². The van der Waals surface area contributed by atoms with Gasteiger partial charge in [-0.15, -0.1) is 0 Å². The third-order valence-corrected chi connectivity index (χ3v) is 5.25. The summed E-state index contributed by atoms with van der Waals surface area (Å²) in [7, 11) is 1.70. The fourth-order valence-corrected chi connectivity index (χ4v) is 3.65. The van der Waals surface area contributed by atoms with Gasteiger partial charge in [0, 0.05) is 52.5 Å². The van der Waals surface area contributed by atoms with Crippen LogP contribution in [-0.4, -0.2) is 74.7 Å². The summed E-state index contributed by atoms with van der Waals surface area (Å²) in [6, 6.07) is 2.11. The molecule has 0 unspecified atom stereocenters. The van der Waals surface area contributed by atoms with Gasteiger partial charge in [0.05, 0.1) is 13.2 Å². The van der Waals surface area contributed by atoms with E-state index in [0.29, 0.717) is 17.7 Å². The van der Waals surface area contributed by atoms with Gasteiger partial charge < -0.3 is 29.9 Å². The molecule has 3 heterocycles. The largest absolute Gasteiger partial charge is 0.385 e. The van der Waals surface area contributed by atoms with Gasteiger partial charge in [0.1, 0.15) is 11.6 Å². The van der Waals surface area contributed by atoms with Crippen molar-refractivity contribution in [3.05, 3.63) is 6.07 Å². The van der Waals surface area contributed by atoms with Crippen LogP contribution in [0.15, 0.2) is 6.07 Å². The number of rotatable bonds is 7. The third kappa shape index (κ3) is 6.42. The molecule has 0 saturated carbocycles. The second-order valence-electron chi connectivity index (χ2n) is 7.14. The van der Waals surface area contributed by atoms with Crippen LogP contribution in [0.4, 0.5) is 17.6 Å². The first-order valence-corrected chi connectivity index (χ1v) is 10.7. The van der Waals surface area contributed by atoms with Crippen LogP contribution in [0, 0.1) is 0 Å². The Hall–Kier alpha value is -1.71. The Bertz CT molecular complexity index is 618. The Labute approximate surface area is 173 Å². The number of ether oxygens (including phenoxy) is 2. The molecule has 156 valence electrons. The van der Waals surface area contributed by atoms with Crippen LogP contribution < -0.4 is 20.4 Å². The van der Waals surface area contributed by atoms with Gasteiger partial charge >= 0.3 is 0 Å². The maximum Gasteiger partial charge on any atom is 0.232 e. The molecule has 2 saturated heterocycles. The van der Waals surface area contributed by atoms with Gasteiger partial charge in [-0.3, -0.25) is 0 Å². The summed E-state index contributed by atoms with van der Waals surface area (Å²) in [5.74, 6) is 2.46. The highest BCUT2D eigenvalue weighted by Crippen LogP contribution is 2.24. The molecule has 0 atom stereocenters. The molecule has 0 spiro atoms. The molecule has 1 aromatic heterocycles. The van der Waals surface area contributed by atoms with Gasteiger partial charge in [0.25, 0.3) is 0 Å². The monoisotopic (exact) mass is 408 g/mol. The van der Waals surface area contributed by atoms with Crippen molar-refractivity contribution in [3.63, 3.8) is 0 Å². The average molecular weight is 409 g/mol. The van der Waals surface area contributed by atoms with Gasteiger partial charge in [-0.2, -0.15) is 9.97 Å². The lowest BCUT2D eigenvalue weighted by Gasteiger charge is -2.29. The summed E-state index contributed by atoms with van der Waals surface area (Å²) >= 11 is 5.42. The minimum atomic E-state index is 0.539. The highest BCUT2D eigenvalue weighted by molar-refractivity contribution is 7.80. The van der Waals surface area contributed by atoms with Gasteiger partial charge in [-0.25, -0.2) is 0 Å². The Morgan fingerprint density at radius 3 is 2.36 bits per heavy atom. The van der Waals surface area contributed by atoms with E-state index in [1.807, 2.05) is 0 Å². The molecular formula is C19H32N6O2S. The number of thiocarbonyl (C=S) groups is 1. The third-order valence-electron chi connectivity index (χ3n) is 5.00. The molecule has 0 bridgehead atoms. The van der Waals surface area contributed by atoms with Crippen molar-refractivity contribution in [2.45, 2.75) is 32.1 Å². The predicted molar refractivity (Wildman–Crippen MR) is 116 cm³/mol. The van der Waals surface area contributed by atoms with E-state index in [0.717, 1.165) is 64.0 Å². The molecule has 3 rings (SSSR count). The van der Waals surface area contributed by atoms with E-state index < -0.39 is 0 Å². The summed E-state index contributed by atoms with van der Waals surface area (Å²) in [6.07, 6.45) is 5.89. The Kier molecular flexibility index (Phi) is 8.50. The number of aromatic nitrogens is 2. The summed E-state index contributed by atoms with van der Waals surface area (Å²) in [5.41, 5.74) is 0. The summed E-state index contributed by atoms with van der Waals surface area (Å²) < 4.78 is 10.6. The van der Waals surface area contributed by atoms with Crippen molar-refractivity contribution in [1.82, 2.24) is 15.3 Å². The topological polar surface area (TPSA) is 74.8 Å². The van der Waals surface area contributed by atoms with Crippen LogP contribution in [0.2, 0.25) is 0 Å². The van der Waals surface area contributed by atoms with Gasteiger partial charge in [0.15, 0.2) is 5.11 Å². The Morgan fingerprint density at radius 1 is 1.07 bits per heavy atom. The van der Waals surface area contributed by atoms with Crippen molar-refractivity contribution in [1.29, 1.82) is 0 Å². The first-order valence-electron chi connectivity index (χ1n) is 10.3. The number of nitrogens with one attached hydrogen (secondary N) is 2. The average Bonchev–Trinajstić information content (AvgIpc) is 3.01. The molecule has 0 aliphatic carbocycles. The van der Waals surface area contributed by atoms with Gasteiger partial charge in [0.2, 0.25) is 5.95 Å².